The minimum atomic E-state index is 0.841. The molecular weight excluding hydrogens is 306 g/mol. The summed E-state index contributed by atoms with van der Waals surface area (Å²) in [5.74, 6) is 0. The summed E-state index contributed by atoms with van der Waals surface area (Å²) >= 11 is 0. The van der Waals surface area contributed by atoms with Gasteiger partial charge in [-0.2, -0.15) is 0 Å². The van der Waals surface area contributed by atoms with Gasteiger partial charge in [0.1, 0.15) is 6.33 Å². The average molecular weight is 321 g/mol. The van der Waals surface area contributed by atoms with E-state index in [0.29, 0.717) is 0 Å². The fourth-order valence-electron chi connectivity index (χ4n) is 3.51. The third kappa shape index (κ3) is 2.32. The fourth-order valence-corrected chi connectivity index (χ4v) is 3.51. The monoisotopic (exact) mass is 321 g/mol. The molecule has 3 nitrogen and oxygen atoms in total. The van der Waals surface area contributed by atoms with Crippen molar-refractivity contribution in [3.63, 3.8) is 0 Å². The first kappa shape index (κ1) is 14.1. The van der Waals surface area contributed by atoms with E-state index in [0.717, 1.165) is 33.6 Å². The maximum Gasteiger partial charge on any atom is 0.116 e. The van der Waals surface area contributed by atoms with E-state index in [1.807, 2.05) is 24.5 Å². The lowest BCUT2D eigenvalue weighted by atomic mass is 9.96. The second-order valence-corrected chi connectivity index (χ2v) is 6.23. The van der Waals surface area contributed by atoms with E-state index in [1.54, 1.807) is 6.33 Å². The van der Waals surface area contributed by atoms with E-state index >= 15 is 0 Å². The predicted molar refractivity (Wildman–Crippen MR) is 102 cm³/mol. The van der Waals surface area contributed by atoms with Gasteiger partial charge >= 0.3 is 0 Å². The van der Waals surface area contributed by atoms with Crippen molar-refractivity contribution in [2.45, 2.75) is 6.42 Å². The van der Waals surface area contributed by atoms with Crippen LogP contribution in [0.4, 0.5) is 0 Å². The van der Waals surface area contributed by atoms with E-state index in [-0.39, 0.29) is 0 Å². The number of fused-ring (bicyclic) bond motifs is 5. The number of aromatic nitrogens is 3. The SMILES string of the molecule is c1ccc(Cc2cc3cncnc3c3c2ncc2ccccc23)cc1. The highest BCUT2D eigenvalue weighted by Crippen LogP contribution is 2.32. The molecule has 3 aromatic carbocycles. The van der Waals surface area contributed by atoms with E-state index in [2.05, 4.69) is 58.5 Å². The Kier molecular flexibility index (Phi) is 3.17. The smallest absolute Gasteiger partial charge is 0.116 e. The van der Waals surface area contributed by atoms with Crippen LogP contribution in [0.2, 0.25) is 0 Å². The van der Waals surface area contributed by atoms with Crippen molar-refractivity contribution >= 4 is 32.6 Å². The Bertz CT molecular complexity index is 1200. The van der Waals surface area contributed by atoms with Gasteiger partial charge in [0, 0.05) is 28.6 Å². The summed E-state index contributed by atoms with van der Waals surface area (Å²) in [5.41, 5.74) is 4.46. The Labute approximate surface area is 145 Å². The van der Waals surface area contributed by atoms with Crippen molar-refractivity contribution in [3.8, 4) is 0 Å². The molecule has 0 aliphatic heterocycles. The lowest BCUT2D eigenvalue weighted by molar-refractivity contribution is 1.19. The molecule has 0 radical (unpaired) electrons. The van der Waals surface area contributed by atoms with Gasteiger partial charge in [0.05, 0.1) is 11.0 Å². The maximum atomic E-state index is 4.80. The molecule has 0 fully saturated rings. The minimum Gasteiger partial charge on any atom is -0.255 e. The van der Waals surface area contributed by atoms with E-state index < -0.39 is 0 Å². The molecule has 2 aromatic heterocycles. The average Bonchev–Trinajstić information content (AvgIpc) is 2.68. The lowest BCUT2D eigenvalue weighted by Crippen LogP contribution is -1.95. The van der Waals surface area contributed by atoms with E-state index in [9.17, 15) is 0 Å². The Morgan fingerprint density at radius 1 is 0.720 bits per heavy atom. The summed E-state index contributed by atoms with van der Waals surface area (Å²) in [6, 6.07) is 21.0. The number of benzene rings is 3. The van der Waals surface area contributed by atoms with Gasteiger partial charge in [-0.25, -0.2) is 9.97 Å². The van der Waals surface area contributed by atoms with Gasteiger partial charge in [0.15, 0.2) is 0 Å². The molecule has 0 unspecified atom stereocenters. The largest absolute Gasteiger partial charge is 0.255 e. The van der Waals surface area contributed by atoms with Crippen molar-refractivity contribution in [2.75, 3.05) is 0 Å². The molecule has 0 aliphatic carbocycles. The van der Waals surface area contributed by atoms with Crippen LogP contribution in [0, 0.1) is 0 Å². The van der Waals surface area contributed by atoms with Crippen LogP contribution in [0.5, 0.6) is 0 Å². The molecule has 25 heavy (non-hydrogen) atoms. The topological polar surface area (TPSA) is 38.7 Å². The molecule has 2 heterocycles. The summed E-state index contributed by atoms with van der Waals surface area (Å²) in [6.45, 7) is 0. The van der Waals surface area contributed by atoms with Crippen molar-refractivity contribution in [2.24, 2.45) is 0 Å². The molecule has 0 spiro atoms. The van der Waals surface area contributed by atoms with Crippen LogP contribution in [-0.2, 0) is 6.42 Å². The van der Waals surface area contributed by atoms with Gasteiger partial charge in [-0.3, -0.25) is 4.98 Å². The molecule has 5 aromatic rings. The molecule has 0 saturated heterocycles. The molecule has 3 heteroatoms. The molecule has 0 aliphatic rings. The van der Waals surface area contributed by atoms with Crippen LogP contribution in [0.1, 0.15) is 11.1 Å². The van der Waals surface area contributed by atoms with Crippen LogP contribution in [0.25, 0.3) is 32.6 Å². The minimum absolute atomic E-state index is 0.841. The highest BCUT2D eigenvalue weighted by atomic mass is 14.8. The lowest BCUT2D eigenvalue weighted by Gasteiger charge is -2.11. The fraction of sp³-hybridized carbons (Fsp3) is 0.0455. The van der Waals surface area contributed by atoms with Gasteiger partial charge in [0.25, 0.3) is 0 Å². The summed E-state index contributed by atoms with van der Waals surface area (Å²) < 4.78 is 0. The van der Waals surface area contributed by atoms with Crippen molar-refractivity contribution in [3.05, 3.63) is 90.5 Å². The predicted octanol–water partition coefficient (Wildman–Crippen LogP) is 4.92. The maximum absolute atomic E-state index is 4.80. The van der Waals surface area contributed by atoms with Crippen molar-refractivity contribution < 1.29 is 0 Å². The molecule has 0 bridgehead atoms. The first-order valence-electron chi connectivity index (χ1n) is 8.33. The Balaban J connectivity index is 1.89. The van der Waals surface area contributed by atoms with Gasteiger partial charge in [-0.05, 0) is 29.0 Å². The number of nitrogens with zero attached hydrogens (tertiary/aromatic N) is 3. The normalized spacial score (nSPS) is 11.4. The quantitative estimate of drug-likeness (QED) is 0.433. The van der Waals surface area contributed by atoms with Gasteiger partial charge in [0.2, 0.25) is 0 Å². The third-order valence-electron chi connectivity index (χ3n) is 4.65. The summed E-state index contributed by atoms with van der Waals surface area (Å²) in [4.78, 5) is 13.6. The van der Waals surface area contributed by atoms with Crippen LogP contribution < -0.4 is 0 Å². The Hall–Kier alpha value is -3.33. The summed E-state index contributed by atoms with van der Waals surface area (Å²) in [5, 5.41) is 4.49. The van der Waals surface area contributed by atoms with Gasteiger partial charge in [-0.1, -0.05) is 54.6 Å². The van der Waals surface area contributed by atoms with Crippen molar-refractivity contribution in [1.82, 2.24) is 15.0 Å². The molecule has 5 rings (SSSR count). The highest BCUT2D eigenvalue weighted by Gasteiger charge is 2.12. The van der Waals surface area contributed by atoms with Crippen LogP contribution in [-0.4, -0.2) is 15.0 Å². The zero-order valence-corrected chi connectivity index (χ0v) is 13.6. The highest BCUT2D eigenvalue weighted by molar-refractivity contribution is 6.18. The first-order valence-corrected chi connectivity index (χ1v) is 8.33. The molecule has 0 N–H and O–H groups in total. The zero-order chi connectivity index (χ0) is 16.6. The number of pyridine rings is 1. The molecular formula is C22H15N3. The Morgan fingerprint density at radius 2 is 1.56 bits per heavy atom. The summed E-state index contributed by atoms with van der Waals surface area (Å²) in [7, 11) is 0. The number of hydrogen-bond acceptors (Lipinski definition) is 3. The second kappa shape index (κ2) is 5.64. The van der Waals surface area contributed by atoms with Gasteiger partial charge < -0.3 is 0 Å². The number of hydrogen-bond donors (Lipinski definition) is 0. The van der Waals surface area contributed by atoms with Crippen molar-refractivity contribution in [1.29, 1.82) is 0 Å². The second-order valence-electron chi connectivity index (χ2n) is 6.23. The standard InChI is InChI=1S/C22H15N3/c1-2-6-15(7-3-1)10-17-11-18-12-23-14-25-22(18)20-19-9-5-4-8-16(19)13-24-21(17)20/h1-9,11-14H,10H2. The molecule has 0 saturated carbocycles. The molecule has 0 amide bonds. The number of rotatable bonds is 2. The van der Waals surface area contributed by atoms with Crippen LogP contribution >= 0.6 is 0 Å². The zero-order valence-electron chi connectivity index (χ0n) is 13.6. The van der Waals surface area contributed by atoms with Gasteiger partial charge in [-0.15, -0.1) is 0 Å². The van der Waals surface area contributed by atoms with Crippen LogP contribution in [0.15, 0.2) is 79.4 Å². The Morgan fingerprint density at radius 3 is 2.48 bits per heavy atom. The van der Waals surface area contributed by atoms with E-state index in [1.165, 1.54) is 16.5 Å². The molecule has 0 atom stereocenters. The summed E-state index contributed by atoms with van der Waals surface area (Å²) in [6.07, 6.45) is 6.30. The van der Waals surface area contributed by atoms with Crippen LogP contribution in [0.3, 0.4) is 0 Å². The third-order valence-corrected chi connectivity index (χ3v) is 4.65. The van der Waals surface area contributed by atoms with E-state index in [4.69, 9.17) is 4.98 Å². The molecule has 118 valence electrons. The first-order chi connectivity index (χ1) is 12.4.